The van der Waals surface area contributed by atoms with Crippen LogP contribution in [0.3, 0.4) is 0 Å². The van der Waals surface area contributed by atoms with Gasteiger partial charge in [-0.15, -0.1) is 0 Å². The van der Waals surface area contributed by atoms with Crippen LogP contribution < -0.4 is 5.32 Å². The number of nitrogens with zero attached hydrogens (tertiary/aromatic N) is 2. The highest BCUT2D eigenvalue weighted by atomic mass is 28.4. The van der Waals surface area contributed by atoms with E-state index in [1.807, 2.05) is 65.6 Å². The number of carbonyl (C=O) groups excluding carboxylic acids is 2. The van der Waals surface area contributed by atoms with Gasteiger partial charge in [0, 0.05) is 49.3 Å². The molecule has 0 saturated carbocycles. The Bertz CT molecular complexity index is 1520. The molecule has 2 aliphatic rings. The van der Waals surface area contributed by atoms with Gasteiger partial charge in [-0.2, -0.15) is 0 Å². The van der Waals surface area contributed by atoms with E-state index in [1.165, 1.54) is 0 Å². The quantitative estimate of drug-likeness (QED) is 0.238. The largest absolute Gasteiger partial charge is 0.446 e. The Morgan fingerprint density at radius 1 is 0.935 bits per heavy atom. The Kier molecular flexibility index (Phi) is 10.1. The zero-order valence-corrected chi connectivity index (χ0v) is 29.7. The van der Waals surface area contributed by atoms with E-state index in [0.717, 1.165) is 66.0 Å². The van der Waals surface area contributed by atoms with Gasteiger partial charge >= 0.3 is 6.09 Å². The molecule has 0 atom stereocenters. The van der Waals surface area contributed by atoms with Gasteiger partial charge in [-0.3, -0.25) is 10.1 Å². The summed E-state index contributed by atoms with van der Waals surface area (Å²) in [5, 5.41) is 3.11. The van der Waals surface area contributed by atoms with Crippen LogP contribution in [0.1, 0.15) is 68.9 Å². The molecule has 0 aromatic heterocycles. The molecule has 0 unspecified atom stereocenters. The normalized spacial score (nSPS) is 17.5. The molecule has 0 spiro atoms. The number of piperidine rings is 1. The van der Waals surface area contributed by atoms with Crippen molar-refractivity contribution in [2.24, 2.45) is 0 Å². The molecule has 46 heavy (non-hydrogen) atoms. The highest BCUT2D eigenvalue weighted by molar-refractivity contribution is 6.74. The minimum absolute atomic E-state index is 0.108. The Hall–Kier alpha value is -3.46. The predicted octanol–water partition coefficient (Wildman–Crippen LogP) is 8.32. The number of fused-ring (bicyclic) bond motifs is 1. The van der Waals surface area contributed by atoms with Crippen LogP contribution in [0.15, 0.2) is 72.8 Å². The fourth-order valence-corrected chi connectivity index (χ4v) is 7.12. The van der Waals surface area contributed by atoms with Crippen LogP contribution in [0.5, 0.6) is 0 Å². The van der Waals surface area contributed by atoms with Crippen LogP contribution in [0.4, 0.5) is 10.5 Å². The highest BCUT2D eigenvalue weighted by Gasteiger charge is 2.39. The maximum atomic E-state index is 13.6. The van der Waals surface area contributed by atoms with Gasteiger partial charge in [0.25, 0.3) is 5.91 Å². The number of hydrogen-bond donors (Lipinski definition) is 1. The van der Waals surface area contributed by atoms with Gasteiger partial charge < -0.3 is 19.0 Å². The molecule has 0 aliphatic carbocycles. The first-order valence-electron chi connectivity index (χ1n) is 16.6. The van der Waals surface area contributed by atoms with Crippen molar-refractivity contribution < 1.29 is 18.8 Å². The van der Waals surface area contributed by atoms with Crippen molar-refractivity contribution in [3.63, 3.8) is 0 Å². The molecule has 1 saturated heterocycles. The summed E-state index contributed by atoms with van der Waals surface area (Å²) in [6.07, 6.45) is 1.000. The van der Waals surface area contributed by atoms with Crippen molar-refractivity contribution in [1.29, 1.82) is 0 Å². The van der Waals surface area contributed by atoms with Gasteiger partial charge in [0.15, 0.2) is 8.32 Å². The first-order valence-corrected chi connectivity index (χ1v) is 19.6. The van der Waals surface area contributed by atoms with Gasteiger partial charge in [-0.1, -0.05) is 95.3 Å². The van der Waals surface area contributed by atoms with Gasteiger partial charge in [0.2, 0.25) is 0 Å². The number of para-hydroxylation sites is 1. The van der Waals surface area contributed by atoms with E-state index in [4.69, 9.17) is 9.16 Å². The number of hydrogen-bond acceptors (Lipinski definition) is 5. The van der Waals surface area contributed by atoms with Gasteiger partial charge in [0.1, 0.15) is 6.10 Å². The summed E-state index contributed by atoms with van der Waals surface area (Å²) in [4.78, 5) is 30.8. The zero-order chi connectivity index (χ0) is 33.1. The third-order valence-corrected chi connectivity index (χ3v) is 14.5. The molecule has 3 aromatic rings. The van der Waals surface area contributed by atoms with Crippen molar-refractivity contribution in [2.75, 3.05) is 38.0 Å². The van der Waals surface area contributed by atoms with Gasteiger partial charge in [-0.25, -0.2) is 4.79 Å². The second kappa shape index (κ2) is 13.7. The Labute approximate surface area is 276 Å². The smallest absolute Gasteiger partial charge is 0.411 e. The summed E-state index contributed by atoms with van der Waals surface area (Å²) in [5.41, 5.74) is 5.65. The molecule has 0 radical (unpaired) electrons. The number of ether oxygens (including phenoxy) is 1. The lowest BCUT2D eigenvalue weighted by Gasteiger charge is -2.41. The van der Waals surface area contributed by atoms with Gasteiger partial charge in [-0.05, 0) is 59.8 Å². The second-order valence-corrected chi connectivity index (χ2v) is 19.8. The van der Waals surface area contributed by atoms with E-state index in [9.17, 15) is 9.59 Å². The minimum atomic E-state index is -1.86. The van der Waals surface area contributed by atoms with Crippen LogP contribution >= 0.6 is 0 Å². The number of anilines is 1. The summed E-state index contributed by atoms with van der Waals surface area (Å²) < 4.78 is 12.3. The molecule has 246 valence electrons. The average molecular weight is 642 g/mol. The standard InChI is InChI=1S/C38H51N3O4Si/c1-37(2,3)46(6,7)44-26-28-17-18-32-33(25-28)38(4,5)27-41(35(32)42)24-23-40-21-19-30(20-22-40)45-36(43)39-34-16-12-11-15-31(34)29-13-9-8-10-14-29/h8-18,25,30H,19-24,26-27H2,1-7H3,(H,39,43). The van der Waals surface area contributed by atoms with Crippen molar-refractivity contribution in [1.82, 2.24) is 9.80 Å². The Morgan fingerprint density at radius 2 is 1.61 bits per heavy atom. The monoisotopic (exact) mass is 641 g/mol. The number of likely N-dealkylation sites (tertiary alicyclic amines) is 1. The number of carbonyl (C=O) groups is 2. The summed E-state index contributed by atoms with van der Waals surface area (Å²) in [7, 11) is -1.86. The van der Waals surface area contributed by atoms with Crippen molar-refractivity contribution in [3.05, 3.63) is 89.5 Å². The lowest BCUT2D eigenvalue weighted by molar-refractivity contribution is 0.0493. The van der Waals surface area contributed by atoms with Crippen molar-refractivity contribution in [3.8, 4) is 11.1 Å². The molecular formula is C38H51N3O4Si. The minimum Gasteiger partial charge on any atom is -0.446 e. The van der Waals surface area contributed by atoms with Gasteiger partial charge in [0.05, 0.1) is 12.3 Å². The molecule has 2 aliphatic heterocycles. The topological polar surface area (TPSA) is 71.1 Å². The molecule has 3 aromatic carbocycles. The maximum Gasteiger partial charge on any atom is 0.411 e. The van der Waals surface area contributed by atoms with Crippen molar-refractivity contribution in [2.45, 2.75) is 83.7 Å². The molecule has 1 N–H and O–H groups in total. The maximum absolute atomic E-state index is 13.6. The first kappa shape index (κ1) is 33.9. The molecule has 0 bridgehead atoms. The number of nitrogens with one attached hydrogen (secondary N) is 1. The lowest BCUT2D eigenvalue weighted by atomic mass is 9.77. The molecule has 2 heterocycles. The van der Waals surface area contributed by atoms with Crippen LogP contribution in [0, 0.1) is 0 Å². The Balaban J connectivity index is 1.11. The summed E-state index contributed by atoms with van der Waals surface area (Å²) in [6, 6.07) is 24.0. The number of benzene rings is 3. The molecule has 2 amide bonds. The van der Waals surface area contributed by atoms with E-state index in [1.54, 1.807) is 0 Å². The SMILES string of the molecule is CC1(C)CN(CCN2CCC(OC(=O)Nc3ccccc3-c3ccccc3)CC2)C(=O)c2ccc(CO[Si](C)(C)C(C)(C)C)cc21. The summed E-state index contributed by atoms with van der Waals surface area (Å²) in [6.45, 7) is 20.2. The molecule has 8 heteroatoms. The molecule has 1 fully saturated rings. The van der Waals surface area contributed by atoms with Crippen LogP contribution in [0.2, 0.25) is 18.1 Å². The second-order valence-electron chi connectivity index (χ2n) is 15.0. The fourth-order valence-electron chi connectivity index (χ4n) is 6.16. The molecule has 7 nitrogen and oxygen atoms in total. The van der Waals surface area contributed by atoms with Crippen LogP contribution in [-0.4, -0.2) is 68.9 Å². The van der Waals surface area contributed by atoms with Crippen LogP contribution in [0.25, 0.3) is 11.1 Å². The third-order valence-electron chi connectivity index (χ3n) is 10.1. The van der Waals surface area contributed by atoms with E-state index >= 15 is 0 Å². The first-order chi connectivity index (χ1) is 21.7. The van der Waals surface area contributed by atoms with Crippen molar-refractivity contribution >= 4 is 26.0 Å². The van der Waals surface area contributed by atoms with E-state index in [2.05, 4.69) is 70.1 Å². The highest BCUT2D eigenvalue weighted by Crippen LogP contribution is 2.38. The van der Waals surface area contributed by atoms with Crippen LogP contribution in [-0.2, 0) is 21.2 Å². The van der Waals surface area contributed by atoms with E-state index in [-0.39, 0.29) is 22.5 Å². The number of rotatable bonds is 9. The third kappa shape index (κ3) is 7.90. The average Bonchev–Trinajstić information content (AvgIpc) is 3.02. The molecule has 5 rings (SSSR count). The predicted molar refractivity (Wildman–Crippen MR) is 189 cm³/mol. The lowest BCUT2D eigenvalue weighted by Crippen LogP contribution is -2.50. The van der Waals surface area contributed by atoms with E-state index in [0.29, 0.717) is 19.7 Å². The number of amides is 2. The van der Waals surface area contributed by atoms with E-state index < -0.39 is 14.4 Å². The fraction of sp³-hybridized carbons (Fsp3) is 0.474. The zero-order valence-electron chi connectivity index (χ0n) is 28.7. The Morgan fingerprint density at radius 3 is 2.30 bits per heavy atom. The summed E-state index contributed by atoms with van der Waals surface area (Å²) in [5.74, 6) is 0.108. The molecular weight excluding hydrogens is 591 g/mol. The summed E-state index contributed by atoms with van der Waals surface area (Å²) >= 11 is 0.